The first kappa shape index (κ1) is 14.8. The Labute approximate surface area is 102 Å². The Bertz CT molecular complexity index is 341. The number of aryl methyl sites for hydroxylation is 1. The van der Waals surface area contributed by atoms with E-state index in [9.17, 15) is 13.2 Å². The molecule has 0 spiro atoms. The molecule has 0 aliphatic heterocycles. The molecule has 0 aromatic carbocycles. The quantitative estimate of drug-likeness (QED) is 0.695. The first-order valence-corrected chi connectivity index (χ1v) is 5.62. The zero-order chi connectivity index (χ0) is 13.4. The van der Waals surface area contributed by atoms with Crippen LogP contribution < -0.4 is 5.73 Å². The van der Waals surface area contributed by atoms with Gasteiger partial charge in [0.15, 0.2) is 5.82 Å². The lowest BCUT2D eigenvalue weighted by Crippen LogP contribution is -2.18. The summed E-state index contributed by atoms with van der Waals surface area (Å²) in [6.07, 6.45) is -2.36. The zero-order valence-electron chi connectivity index (χ0n) is 9.86. The summed E-state index contributed by atoms with van der Waals surface area (Å²) in [4.78, 5) is 0. The van der Waals surface area contributed by atoms with Gasteiger partial charge in [0.2, 0.25) is 0 Å². The maximum Gasteiger partial charge on any atom is 0.411 e. The van der Waals surface area contributed by atoms with Crippen molar-refractivity contribution in [2.75, 3.05) is 19.8 Å². The summed E-state index contributed by atoms with van der Waals surface area (Å²) >= 11 is 0. The predicted molar refractivity (Wildman–Crippen MR) is 56.7 cm³/mol. The minimum atomic E-state index is -4.30. The van der Waals surface area contributed by atoms with Crippen LogP contribution in [0.15, 0.2) is 0 Å². The van der Waals surface area contributed by atoms with E-state index in [0.29, 0.717) is 18.9 Å². The summed E-state index contributed by atoms with van der Waals surface area (Å²) in [6, 6.07) is 0. The van der Waals surface area contributed by atoms with E-state index in [2.05, 4.69) is 20.3 Å². The van der Waals surface area contributed by atoms with E-state index in [0.717, 1.165) is 12.8 Å². The number of hydrogen-bond acceptors (Lipinski definition) is 5. The average molecular weight is 267 g/mol. The fraction of sp³-hybridized carbons (Fsp3) is 0.889. The Kier molecular flexibility index (Phi) is 5.99. The van der Waals surface area contributed by atoms with Crippen LogP contribution >= 0.6 is 0 Å². The number of rotatable bonds is 8. The molecule has 0 aliphatic rings. The van der Waals surface area contributed by atoms with E-state index in [1.807, 2.05) is 0 Å². The average Bonchev–Trinajstić information content (AvgIpc) is 2.71. The highest BCUT2D eigenvalue weighted by molar-refractivity contribution is 4.80. The highest BCUT2D eigenvalue weighted by Gasteiger charge is 2.27. The summed E-state index contributed by atoms with van der Waals surface area (Å²) in [5.41, 5.74) is 5.36. The van der Waals surface area contributed by atoms with Crippen LogP contribution in [-0.4, -0.2) is 46.1 Å². The second kappa shape index (κ2) is 7.27. The fourth-order valence-electron chi connectivity index (χ4n) is 1.33. The van der Waals surface area contributed by atoms with Gasteiger partial charge in [-0.15, -0.1) is 5.10 Å². The van der Waals surface area contributed by atoms with Gasteiger partial charge in [0.25, 0.3) is 0 Å². The highest BCUT2D eigenvalue weighted by atomic mass is 19.4. The van der Waals surface area contributed by atoms with Gasteiger partial charge in [-0.25, -0.2) is 4.68 Å². The van der Waals surface area contributed by atoms with Gasteiger partial charge >= 0.3 is 6.18 Å². The number of nitrogens with two attached hydrogens (primary N) is 1. The molecule has 1 aromatic heterocycles. The third-order valence-electron chi connectivity index (χ3n) is 2.17. The molecule has 1 heterocycles. The lowest BCUT2D eigenvalue weighted by atomic mass is 10.3. The molecule has 0 fully saturated rings. The van der Waals surface area contributed by atoms with Gasteiger partial charge in [-0.1, -0.05) is 0 Å². The standard InChI is InChI=1S/C9H16F3N5O/c10-9(11,12)7-18-6-3-8-14-15-16-17(8)5-2-1-4-13/h1-7,13H2. The molecule has 0 unspecified atom stereocenters. The van der Waals surface area contributed by atoms with Crippen LogP contribution in [0, 0.1) is 0 Å². The molecule has 0 atom stereocenters. The third-order valence-corrected chi connectivity index (χ3v) is 2.17. The smallest absolute Gasteiger partial charge is 0.372 e. The van der Waals surface area contributed by atoms with Crippen LogP contribution in [0.4, 0.5) is 13.2 Å². The SMILES string of the molecule is NCCCCn1nnnc1CCOCC(F)(F)F. The van der Waals surface area contributed by atoms with Crippen molar-refractivity contribution in [1.82, 2.24) is 20.2 Å². The Balaban J connectivity index is 2.27. The number of alkyl halides is 3. The molecule has 0 radical (unpaired) electrons. The van der Waals surface area contributed by atoms with E-state index in [-0.39, 0.29) is 13.0 Å². The molecule has 1 rings (SSSR count). The van der Waals surface area contributed by atoms with Gasteiger partial charge in [-0.3, -0.25) is 0 Å². The first-order chi connectivity index (χ1) is 8.53. The van der Waals surface area contributed by atoms with E-state index in [1.165, 1.54) is 0 Å². The van der Waals surface area contributed by atoms with E-state index < -0.39 is 12.8 Å². The molecule has 0 amide bonds. The Hall–Kier alpha value is -1.22. The topological polar surface area (TPSA) is 78.9 Å². The summed E-state index contributed by atoms with van der Waals surface area (Å²) in [5, 5.41) is 11.0. The van der Waals surface area contributed by atoms with Gasteiger partial charge in [-0.2, -0.15) is 13.2 Å². The van der Waals surface area contributed by atoms with Crippen LogP contribution in [0.3, 0.4) is 0 Å². The summed E-state index contributed by atoms with van der Waals surface area (Å²) in [6.45, 7) is -0.108. The van der Waals surface area contributed by atoms with Gasteiger partial charge in [0.1, 0.15) is 6.61 Å². The minimum Gasteiger partial charge on any atom is -0.372 e. The van der Waals surface area contributed by atoms with Crippen molar-refractivity contribution in [3.05, 3.63) is 5.82 Å². The molecule has 9 heteroatoms. The molecule has 0 aliphatic carbocycles. The van der Waals surface area contributed by atoms with Crippen LogP contribution in [0.2, 0.25) is 0 Å². The Morgan fingerprint density at radius 3 is 2.72 bits per heavy atom. The van der Waals surface area contributed by atoms with E-state index >= 15 is 0 Å². The summed E-state index contributed by atoms with van der Waals surface area (Å²) in [5.74, 6) is 0.522. The fourth-order valence-corrected chi connectivity index (χ4v) is 1.33. The third kappa shape index (κ3) is 5.92. The van der Waals surface area contributed by atoms with Crippen LogP contribution in [-0.2, 0) is 17.7 Å². The maximum absolute atomic E-state index is 11.8. The molecule has 18 heavy (non-hydrogen) atoms. The van der Waals surface area contributed by atoms with E-state index in [4.69, 9.17) is 5.73 Å². The lowest BCUT2D eigenvalue weighted by molar-refractivity contribution is -0.173. The summed E-state index contributed by atoms with van der Waals surface area (Å²) < 4.78 is 41.5. The van der Waals surface area contributed by atoms with Crippen LogP contribution in [0.1, 0.15) is 18.7 Å². The maximum atomic E-state index is 11.8. The van der Waals surface area contributed by atoms with Crippen molar-refractivity contribution in [2.24, 2.45) is 5.73 Å². The van der Waals surface area contributed by atoms with Gasteiger partial charge in [0, 0.05) is 13.0 Å². The van der Waals surface area contributed by atoms with Crippen LogP contribution in [0.5, 0.6) is 0 Å². The highest BCUT2D eigenvalue weighted by Crippen LogP contribution is 2.14. The van der Waals surface area contributed by atoms with Crippen molar-refractivity contribution in [1.29, 1.82) is 0 Å². The number of tetrazole rings is 1. The Morgan fingerprint density at radius 2 is 2.06 bits per heavy atom. The first-order valence-electron chi connectivity index (χ1n) is 5.62. The molecule has 0 bridgehead atoms. The number of hydrogen-bond donors (Lipinski definition) is 1. The Morgan fingerprint density at radius 1 is 1.28 bits per heavy atom. The number of halogens is 3. The molecule has 2 N–H and O–H groups in total. The molecule has 104 valence electrons. The van der Waals surface area contributed by atoms with Crippen LogP contribution in [0.25, 0.3) is 0 Å². The minimum absolute atomic E-state index is 0.0588. The predicted octanol–water partition coefficient (Wildman–Crippen LogP) is 0.533. The van der Waals surface area contributed by atoms with Crippen molar-refractivity contribution < 1.29 is 17.9 Å². The number of ether oxygens (including phenoxy) is 1. The molecular weight excluding hydrogens is 251 g/mol. The molecule has 6 nitrogen and oxygen atoms in total. The molecule has 0 saturated heterocycles. The molecule has 1 aromatic rings. The van der Waals surface area contributed by atoms with E-state index in [1.54, 1.807) is 4.68 Å². The number of aromatic nitrogens is 4. The summed E-state index contributed by atoms with van der Waals surface area (Å²) in [7, 11) is 0. The van der Waals surface area contributed by atoms with Gasteiger partial charge < -0.3 is 10.5 Å². The molecular formula is C9H16F3N5O. The van der Waals surface area contributed by atoms with Crippen molar-refractivity contribution in [3.8, 4) is 0 Å². The lowest BCUT2D eigenvalue weighted by Gasteiger charge is -2.07. The second-order valence-electron chi connectivity index (χ2n) is 3.73. The largest absolute Gasteiger partial charge is 0.411 e. The van der Waals surface area contributed by atoms with Crippen molar-refractivity contribution in [3.63, 3.8) is 0 Å². The normalized spacial score (nSPS) is 12.0. The number of nitrogens with zero attached hydrogens (tertiary/aromatic N) is 4. The van der Waals surface area contributed by atoms with Gasteiger partial charge in [0.05, 0.1) is 6.61 Å². The van der Waals surface area contributed by atoms with Crippen molar-refractivity contribution in [2.45, 2.75) is 32.0 Å². The number of unbranched alkanes of at least 4 members (excludes halogenated alkanes) is 1. The zero-order valence-corrected chi connectivity index (χ0v) is 9.86. The molecule has 0 saturated carbocycles. The monoisotopic (exact) mass is 267 g/mol. The van der Waals surface area contributed by atoms with Gasteiger partial charge in [-0.05, 0) is 29.8 Å². The van der Waals surface area contributed by atoms with Crippen molar-refractivity contribution >= 4 is 0 Å². The second-order valence-corrected chi connectivity index (χ2v) is 3.73.